The number of hydrogen-bond acceptors (Lipinski definition) is 3. The molecule has 2 N–H and O–H groups in total. The Bertz CT molecular complexity index is 856. The summed E-state index contributed by atoms with van der Waals surface area (Å²) in [6.07, 6.45) is 7.91. The van der Waals surface area contributed by atoms with Gasteiger partial charge in [-0.05, 0) is 115 Å². The third kappa shape index (κ3) is 4.17. The molecular weight excluding hydrogens is 426 g/mol. The summed E-state index contributed by atoms with van der Waals surface area (Å²) in [4.78, 5) is 40.9. The van der Waals surface area contributed by atoms with Gasteiger partial charge in [0, 0.05) is 29.5 Å². The highest BCUT2D eigenvalue weighted by Crippen LogP contribution is 2.65. The molecule has 3 saturated carbocycles. The number of carbonyl (C=O) groups is 3. The van der Waals surface area contributed by atoms with Crippen LogP contribution >= 0.6 is 0 Å². The van der Waals surface area contributed by atoms with E-state index in [0.717, 1.165) is 44.9 Å². The molecule has 1 saturated heterocycles. The van der Waals surface area contributed by atoms with E-state index in [2.05, 4.69) is 24.5 Å². The lowest BCUT2D eigenvalue weighted by Gasteiger charge is -2.60. The number of imide groups is 1. The zero-order valence-electron chi connectivity index (χ0n) is 22.7. The van der Waals surface area contributed by atoms with Crippen LogP contribution < -0.4 is 10.6 Å². The molecule has 4 rings (SSSR count). The number of nitrogens with one attached hydrogen (secondary N) is 2. The number of carbonyl (C=O) groups excluding carboxylic acids is 3. The van der Waals surface area contributed by atoms with Crippen LogP contribution in [0.2, 0.25) is 0 Å². The molecule has 1 aliphatic heterocycles. The summed E-state index contributed by atoms with van der Waals surface area (Å²) in [5.74, 6) is 1.84. The van der Waals surface area contributed by atoms with E-state index < -0.39 is 11.1 Å². The van der Waals surface area contributed by atoms with Crippen LogP contribution in [0.4, 0.5) is 4.79 Å². The molecule has 34 heavy (non-hydrogen) atoms. The standard InChI is InChI=1S/C28H47N3O3/c1-25(2,3)30-24(34)31(26(4,5)6)23(33)20-11-10-18-17-9-12-21-28(8,16-14-22(32)29-21)19(17)13-15-27(18,20)7/h17-21H,9-16H2,1-8H3,(H,29,32)(H,30,34)/t17-,18-,19+,20?,21?,27-,28+/m0/s1. The highest BCUT2D eigenvalue weighted by Gasteiger charge is 2.62. The van der Waals surface area contributed by atoms with Crippen molar-refractivity contribution in [1.29, 1.82) is 0 Å². The summed E-state index contributed by atoms with van der Waals surface area (Å²) in [6.45, 7) is 16.5. The van der Waals surface area contributed by atoms with Crippen molar-refractivity contribution in [2.75, 3.05) is 0 Å². The quantitative estimate of drug-likeness (QED) is 0.545. The van der Waals surface area contributed by atoms with Crippen LogP contribution in [0.5, 0.6) is 0 Å². The summed E-state index contributed by atoms with van der Waals surface area (Å²) in [6, 6.07) is 0.0207. The average molecular weight is 474 g/mol. The second kappa shape index (κ2) is 8.23. The van der Waals surface area contributed by atoms with E-state index in [4.69, 9.17) is 0 Å². The van der Waals surface area contributed by atoms with Gasteiger partial charge >= 0.3 is 6.03 Å². The molecule has 0 aromatic carbocycles. The van der Waals surface area contributed by atoms with Crippen molar-refractivity contribution in [2.45, 2.75) is 124 Å². The SMILES string of the molecule is CC(C)(C)NC(=O)N(C(=O)C1CC[C@H]2[C@@H]3CCC4NC(=O)CC[C@]4(C)[C@@H]3CC[C@]12C)C(C)(C)C. The van der Waals surface area contributed by atoms with Crippen LogP contribution in [0, 0.1) is 34.5 Å². The van der Waals surface area contributed by atoms with Gasteiger partial charge in [0.2, 0.25) is 11.8 Å². The molecule has 0 aromatic rings. The molecule has 1 heterocycles. The van der Waals surface area contributed by atoms with Gasteiger partial charge in [-0.2, -0.15) is 0 Å². The number of nitrogens with zero attached hydrogens (tertiary/aromatic N) is 1. The molecule has 4 fully saturated rings. The molecule has 192 valence electrons. The Morgan fingerprint density at radius 1 is 0.912 bits per heavy atom. The van der Waals surface area contributed by atoms with Gasteiger partial charge in [0.05, 0.1) is 0 Å². The minimum Gasteiger partial charge on any atom is -0.353 e. The molecule has 4 amide bonds. The third-order valence-corrected chi connectivity index (χ3v) is 9.97. The lowest BCUT2D eigenvalue weighted by Crippen LogP contribution is -2.62. The molecule has 3 aliphatic carbocycles. The molecule has 0 spiro atoms. The maximum atomic E-state index is 14.1. The van der Waals surface area contributed by atoms with Gasteiger partial charge in [0.1, 0.15) is 0 Å². The van der Waals surface area contributed by atoms with Crippen molar-refractivity contribution >= 4 is 17.8 Å². The minimum atomic E-state index is -0.579. The van der Waals surface area contributed by atoms with Gasteiger partial charge in [0.15, 0.2) is 0 Å². The first kappa shape index (κ1) is 25.5. The van der Waals surface area contributed by atoms with E-state index in [1.807, 2.05) is 41.5 Å². The Hall–Kier alpha value is -1.59. The highest BCUT2D eigenvalue weighted by molar-refractivity contribution is 5.97. The maximum absolute atomic E-state index is 14.1. The number of hydrogen-bond donors (Lipinski definition) is 2. The normalized spacial score (nSPS) is 39.9. The Morgan fingerprint density at radius 2 is 1.56 bits per heavy atom. The molecule has 6 heteroatoms. The first-order valence-electron chi connectivity index (χ1n) is 13.5. The van der Waals surface area contributed by atoms with Gasteiger partial charge in [-0.3, -0.25) is 14.5 Å². The maximum Gasteiger partial charge on any atom is 0.324 e. The summed E-state index contributed by atoms with van der Waals surface area (Å²) in [5.41, 5.74) is -0.871. The number of fused-ring (bicyclic) bond motifs is 5. The summed E-state index contributed by atoms with van der Waals surface area (Å²) < 4.78 is 0. The Balaban J connectivity index is 1.58. The van der Waals surface area contributed by atoms with Gasteiger partial charge in [0.25, 0.3) is 0 Å². The summed E-state index contributed by atoms with van der Waals surface area (Å²) >= 11 is 0. The van der Waals surface area contributed by atoms with Gasteiger partial charge in [-0.1, -0.05) is 13.8 Å². The fourth-order valence-corrected chi connectivity index (χ4v) is 8.38. The van der Waals surface area contributed by atoms with E-state index >= 15 is 0 Å². The fourth-order valence-electron chi connectivity index (χ4n) is 8.38. The van der Waals surface area contributed by atoms with Crippen molar-refractivity contribution in [3.63, 3.8) is 0 Å². The van der Waals surface area contributed by atoms with Crippen LogP contribution in [0.3, 0.4) is 0 Å². The van der Waals surface area contributed by atoms with Crippen LogP contribution in [0.25, 0.3) is 0 Å². The number of amides is 4. The summed E-state index contributed by atoms with van der Waals surface area (Å²) in [7, 11) is 0. The van der Waals surface area contributed by atoms with Crippen molar-refractivity contribution in [2.24, 2.45) is 34.5 Å². The van der Waals surface area contributed by atoms with Crippen LogP contribution in [-0.4, -0.2) is 39.9 Å². The van der Waals surface area contributed by atoms with Crippen molar-refractivity contribution in [3.05, 3.63) is 0 Å². The molecule has 6 nitrogen and oxygen atoms in total. The van der Waals surface area contributed by atoms with Crippen LogP contribution in [-0.2, 0) is 9.59 Å². The van der Waals surface area contributed by atoms with Crippen molar-refractivity contribution in [1.82, 2.24) is 15.5 Å². The first-order valence-corrected chi connectivity index (χ1v) is 13.5. The molecule has 0 aromatic heterocycles. The van der Waals surface area contributed by atoms with E-state index in [1.165, 1.54) is 4.90 Å². The molecule has 4 aliphatic rings. The van der Waals surface area contributed by atoms with Crippen molar-refractivity contribution < 1.29 is 14.4 Å². The van der Waals surface area contributed by atoms with E-state index in [1.54, 1.807) is 0 Å². The van der Waals surface area contributed by atoms with E-state index in [9.17, 15) is 14.4 Å². The monoisotopic (exact) mass is 473 g/mol. The topological polar surface area (TPSA) is 78.5 Å². The Kier molecular flexibility index (Phi) is 6.17. The van der Waals surface area contributed by atoms with Crippen LogP contribution in [0.15, 0.2) is 0 Å². The lowest BCUT2D eigenvalue weighted by molar-refractivity contribution is -0.148. The van der Waals surface area contributed by atoms with E-state index in [-0.39, 0.29) is 34.6 Å². The van der Waals surface area contributed by atoms with Crippen LogP contribution in [0.1, 0.15) is 107 Å². The zero-order valence-corrected chi connectivity index (χ0v) is 22.7. The lowest BCUT2D eigenvalue weighted by atomic mass is 9.47. The van der Waals surface area contributed by atoms with Gasteiger partial charge < -0.3 is 10.6 Å². The smallest absolute Gasteiger partial charge is 0.324 e. The molecule has 2 unspecified atom stereocenters. The molecular formula is C28H47N3O3. The Morgan fingerprint density at radius 3 is 2.18 bits per heavy atom. The largest absolute Gasteiger partial charge is 0.353 e. The molecule has 7 atom stereocenters. The number of rotatable bonds is 1. The van der Waals surface area contributed by atoms with Gasteiger partial charge in [-0.15, -0.1) is 0 Å². The second-order valence-electron chi connectivity index (χ2n) is 14.3. The fraction of sp³-hybridized carbons (Fsp3) is 0.893. The average Bonchev–Trinajstić information content (AvgIpc) is 3.03. The predicted octanol–water partition coefficient (Wildman–Crippen LogP) is 5.26. The zero-order chi connectivity index (χ0) is 25.3. The molecule has 0 bridgehead atoms. The number of piperidine rings is 1. The number of urea groups is 1. The molecule has 0 radical (unpaired) electrons. The summed E-state index contributed by atoms with van der Waals surface area (Å²) in [5, 5.41) is 6.34. The first-order chi connectivity index (χ1) is 15.6. The minimum absolute atomic E-state index is 0.00234. The second-order valence-corrected chi connectivity index (χ2v) is 14.3. The predicted molar refractivity (Wildman–Crippen MR) is 134 cm³/mol. The third-order valence-electron chi connectivity index (χ3n) is 9.97. The Labute approximate surface area is 206 Å². The van der Waals surface area contributed by atoms with Gasteiger partial charge in [-0.25, -0.2) is 4.79 Å². The highest BCUT2D eigenvalue weighted by atomic mass is 16.2. The van der Waals surface area contributed by atoms with E-state index in [0.29, 0.717) is 30.2 Å². The van der Waals surface area contributed by atoms with Crippen molar-refractivity contribution in [3.8, 4) is 0 Å².